The van der Waals surface area contributed by atoms with Crippen molar-refractivity contribution in [1.82, 2.24) is 18.8 Å². The first-order valence-corrected chi connectivity index (χ1v) is 8.69. The van der Waals surface area contributed by atoms with E-state index < -0.39 is 10.2 Å². The first-order valence-electron chi connectivity index (χ1n) is 7.29. The van der Waals surface area contributed by atoms with Crippen molar-refractivity contribution in [1.29, 1.82) is 0 Å². The van der Waals surface area contributed by atoms with E-state index in [9.17, 15) is 8.42 Å². The number of halogens is 1. The van der Waals surface area contributed by atoms with E-state index in [1.54, 1.807) is 8.61 Å². The first kappa shape index (κ1) is 18.1. The summed E-state index contributed by atoms with van der Waals surface area (Å²) >= 11 is 0. The molecule has 0 radical (unpaired) electrons. The van der Waals surface area contributed by atoms with Gasteiger partial charge in [-0.1, -0.05) is 13.8 Å². The van der Waals surface area contributed by atoms with E-state index in [0.29, 0.717) is 32.2 Å². The molecule has 2 aliphatic rings. The van der Waals surface area contributed by atoms with Crippen molar-refractivity contribution in [3.63, 3.8) is 0 Å². The number of hydrogen-bond donors (Lipinski definition) is 1. The van der Waals surface area contributed by atoms with Crippen molar-refractivity contribution in [2.45, 2.75) is 26.3 Å². The van der Waals surface area contributed by atoms with Crippen LogP contribution in [-0.4, -0.2) is 80.3 Å². The van der Waals surface area contributed by atoms with Crippen molar-refractivity contribution < 1.29 is 8.42 Å². The summed E-state index contributed by atoms with van der Waals surface area (Å²) in [6, 6.07) is 0.596. The predicted octanol–water partition coefficient (Wildman–Crippen LogP) is -0.0257. The molecule has 0 amide bonds. The molecule has 0 saturated carbocycles. The molecule has 2 heterocycles. The van der Waals surface area contributed by atoms with Crippen molar-refractivity contribution in [2.75, 3.05) is 52.4 Å². The number of nitrogens with zero attached hydrogens (tertiary/aromatic N) is 3. The summed E-state index contributed by atoms with van der Waals surface area (Å²) in [4.78, 5) is 2.42. The third-order valence-corrected chi connectivity index (χ3v) is 6.37. The van der Waals surface area contributed by atoms with Gasteiger partial charge in [-0.25, -0.2) is 0 Å². The maximum Gasteiger partial charge on any atom is 0.282 e. The molecular formula is C12H27ClN4O2S. The number of hydrogen-bond acceptors (Lipinski definition) is 4. The summed E-state index contributed by atoms with van der Waals surface area (Å²) in [6.07, 6.45) is 1.18. The highest BCUT2D eigenvalue weighted by Gasteiger charge is 2.33. The summed E-state index contributed by atoms with van der Waals surface area (Å²) in [5.41, 5.74) is 0. The molecule has 0 aromatic heterocycles. The fraction of sp³-hybridized carbons (Fsp3) is 1.00. The van der Waals surface area contributed by atoms with Gasteiger partial charge in [0.2, 0.25) is 0 Å². The Hall–Kier alpha value is 0.0800. The van der Waals surface area contributed by atoms with E-state index in [1.807, 2.05) is 13.8 Å². The van der Waals surface area contributed by atoms with Gasteiger partial charge in [0, 0.05) is 51.9 Å². The molecule has 0 bridgehead atoms. The van der Waals surface area contributed by atoms with Gasteiger partial charge < -0.3 is 5.32 Å². The summed E-state index contributed by atoms with van der Waals surface area (Å²) in [5.74, 6) is 0. The van der Waals surface area contributed by atoms with Crippen molar-refractivity contribution in [3.8, 4) is 0 Å². The van der Waals surface area contributed by atoms with Crippen LogP contribution in [0.4, 0.5) is 0 Å². The molecule has 1 atom stereocenters. The third-order valence-electron chi connectivity index (χ3n) is 4.18. The van der Waals surface area contributed by atoms with Crippen LogP contribution in [0.5, 0.6) is 0 Å². The average Bonchev–Trinajstić information content (AvgIpc) is 2.94. The molecule has 2 rings (SSSR count). The summed E-state index contributed by atoms with van der Waals surface area (Å²) in [5, 5.41) is 3.37. The van der Waals surface area contributed by atoms with Crippen LogP contribution in [-0.2, 0) is 10.2 Å². The molecule has 0 aromatic rings. The zero-order valence-electron chi connectivity index (χ0n) is 12.4. The lowest BCUT2D eigenvalue weighted by atomic mass is 10.2. The van der Waals surface area contributed by atoms with E-state index >= 15 is 0 Å². The minimum absolute atomic E-state index is 0. The molecule has 2 fully saturated rings. The Bertz CT molecular complexity index is 375. The van der Waals surface area contributed by atoms with Crippen LogP contribution in [0.15, 0.2) is 0 Å². The molecule has 120 valence electrons. The van der Waals surface area contributed by atoms with Gasteiger partial charge in [0.15, 0.2) is 0 Å². The quantitative estimate of drug-likeness (QED) is 0.771. The van der Waals surface area contributed by atoms with Crippen LogP contribution < -0.4 is 5.32 Å². The van der Waals surface area contributed by atoms with Crippen LogP contribution in [0.25, 0.3) is 0 Å². The Morgan fingerprint density at radius 1 is 1.15 bits per heavy atom. The topological polar surface area (TPSA) is 55.9 Å². The standard InChI is InChI=1S/C12H26N4O2S.ClH/c1-3-15(4-2)19(17,18)16-9-7-14(8-10-16)12-5-6-13-11-12;/h12-13H,3-11H2,1-2H3;1H. The molecule has 0 aromatic carbocycles. The monoisotopic (exact) mass is 326 g/mol. The summed E-state index contributed by atoms with van der Waals surface area (Å²) in [6.45, 7) is 9.95. The van der Waals surface area contributed by atoms with E-state index in [-0.39, 0.29) is 12.4 Å². The highest BCUT2D eigenvalue weighted by Crippen LogP contribution is 2.16. The third kappa shape index (κ3) is 3.84. The molecule has 0 spiro atoms. The first-order chi connectivity index (χ1) is 9.09. The molecule has 6 nitrogen and oxygen atoms in total. The minimum Gasteiger partial charge on any atom is -0.315 e. The zero-order chi connectivity index (χ0) is 13.9. The van der Waals surface area contributed by atoms with Crippen molar-refractivity contribution in [3.05, 3.63) is 0 Å². The largest absolute Gasteiger partial charge is 0.315 e. The SMILES string of the molecule is CCN(CC)S(=O)(=O)N1CCN(C2CCNC2)CC1.Cl. The molecule has 20 heavy (non-hydrogen) atoms. The van der Waals surface area contributed by atoms with Crippen LogP contribution in [0.2, 0.25) is 0 Å². The van der Waals surface area contributed by atoms with Gasteiger partial charge in [-0.05, 0) is 13.0 Å². The Kier molecular flexibility index (Phi) is 7.17. The van der Waals surface area contributed by atoms with Gasteiger partial charge in [-0.2, -0.15) is 17.0 Å². The van der Waals surface area contributed by atoms with Gasteiger partial charge in [-0.3, -0.25) is 4.90 Å². The Labute approximate surface area is 129 Å². The molecule has 1 unspecified atom stereocenters. The molecule has 2 aliphatic heterocycles. The van der Waals surface area contributed by atoms with Gasteiger partial charge in [0.1, 0.15) is 0 Å². The fourth-order valence-corrected chi connectivity index (χ4v) is 4.57. The van der Waals surface area contributed by atoms with Crippen LogP contribution >= 0.6 is 12.4 Å². The lowest BCUT2D eigenvalue weighted by molar-refractivity contribution is 0.141. The maximum absolute atomic E-state index is 12.4. The number of nitrogens with one attached hydrogen (secondary N) is 1. The fourth-order valence-electron chi connectivity index (χ4n) is 2.96. The number of rotatable bonds is 5. The van der Waals surface area contributed by atoms with E-state index in [4.69, 9.17) is 0 Å². The summed E-state index contributed by atoms with van der Waals surface area (Å²) in [7, 11) is -3.25. The minimum atomic E-state index is -3.25. The molecule has 2 saturated heterocycles. The van der Waals surface area contributed by atoms with Gasteiger partial charge in [0.05, 0.1) is 0 Å². The van der Waals surface area contributed by atoms with Crippen molar-refractivity contribution >= 4 is 22.6 Å². The predicted molar refractivity (Wildman–Crippen MR) is 83.5 cm³/mol. The second kappa shape index (κ2) is 7.91. The Morgan fingerprint density at radius 3 is 2.20 bits per heavy atom. The highest BCUT2D eigenvalue weighted by atomic mass is 35.5. The van der Waals surface area contributed by atoms with E-state index in [1.165, 1.54) is 6.42 Å². The van der Waals surface area contributed by atoms with Gasteiger partial charge in [-0.15, -0.1) is 12.4 Å². The molecule has 1 N–H and O–H groups in total. The van der Waals surface area contributed by atoms with E-state index in [0.717, 1.165) is 26.2 Å². The lowest BCUT2D eigenvalue weighted by Crippen LogP contribution is -2.55. The van der Waals surface area contributed by atoms with Crippen molar-refractivity contribution in [2.24, 2.45) is 0 Å². The zero-order valence-corrected chi connectivity index (χ0v) is 14.0. The molecule has 8 heteroatoms. The average molecular weight is 327 g/mol. The van der Waals surface area contributed by atoms with Crippen LogP contribution in [0, 0.1) is 0 Å². The van der Waals surface area contributed by atoms with Crippen LogP contribution in [0.1, 0.15) is 20.3 Å². The second-order valence-electron chi connectivity index (χ2n) is 5.17. The Balaban J connectivity index is 0.00000200. The lowest BCUT2D eigenvalue weighted by Gasteiger charge is -2.38. The van der Waals surface area contributed by atoms with E-state index in [2.05, 4.69) is 10.2 Å². The highest BCUT2D eigenvalue weighted by molar-refractivity contribution is 7.86. The van der Waals surface area contributed by atoms with Crippen LogP contribution in [0.3, 0.4) is 0 Å². The molecule has 0 aliphatic carbocycles. The smallest absolute Gasteiger partial charge is 0.282 e. The molecular weight excluding hydrogens is 300 g/mol. The number of piperazine rings is 1. The summed E-state index contributed by atoms with van der Waals surface area (Å²) < 4.78 is 28.0. The Morgan fingerprint density at radius 2 is 1.75 bits per heavy atom. The second-order valence-corrected chi connectivity index (χ2v) is 7.10. The normalized spacial score (nSPS) is 25.9. The van der Waals surface area contributed by atoms with Gasteiger partial charge >= 0.3 is 0 Å². The van der Waals surface area contributed by atoms with Gasteiger partial charge in [0.25, 0.3) is 10.2 Å². The maximum atomic E-state index is 12.4.